The fourth-order valence-electron chi connectivity index (χ4n) is 4.02. The number of carbonyl (C=O) groups is 2. The number of benzene rings is 2. The van der Waals surface area contributed by atoms with Crippen molar-refractivity contribution in [3.8, 4) is 0 Å². The van der Waals surface area contributed by atoms with E-state index in [9.17, 15) is 18.0 Å². The summed E-state index contributed by atoms with van der Waals surface area (Å²) in [6.45, 7) is 2.37. The third-order valence-electron chi connectivity index (χ3n) is 5.54. The zero-order chi connectivity index (χ0) is 22.0. The summed E-state index contributed by atoms with van der Waals surface area (Å²) in [5, 5.41) is 5.51. The Morgan fingerprint density at radius 3 is 2.68 bits per heavy atom. The number of amides is 2. The average molecular weight is 441 g/mol. The van der Waals surface area contributed by atoms with Crippen LogP contribution in [-0.2, 0) is 26.0 Å². The van der Waals surface area contributed by atoms with E-state index in [0.717, 1.165) is 24.1 Å². The molecule has 2 aromatic rings. The number of hydrogen-bond donors (Lipinski definition) is 2. The molecule has 1 saturated heterocycles. The summed E-state index contributed by atoms with van der Waals surface area (Å²) in [6, 6.07) is 13.6. The molecule has 0 spiro atoms. The second kappa shape index (κ2) is 8.50. The van der Waals surface area contributed by atoms with Crippen molar-refractivity contribution in [2.24, 2.45) is 4.40 Å². The molecule has 31 heavy (non-hydrogen) atoms. The smallest absolute Gasteiger partial charge is 0.285 e. The molecule has 2 aliphatic rings. The quantitative estimate of drug-likeness (QED) is 0.739. The van der Waals surface area contributed by atoms with Crippen molar-refractivity contribution in [1.82, 2.24) is 10.2 Å². The van der Waals surface area contributed by atoms with Crippen molar-refractivity contribution >= 4 is 33.4 Å². The van der Waals surface area contributed by atoms with Crippen LogP contribution in [0.25, 0.3) is 0 Å². The molecule has 0 radical (unpaired) electrons. The summed E-state index contributed by atoms with van der Waals surface area (Å²) in [7, 11) is -3.76. The van der Waals surface area contributed by atoms with E-state index in [1.54, 1.807) is 23.1 Å². The van der Waals surface area contributed by atoms with Crippen LogP contribution in [0.2, 0.25) is 0 Å². The number of likely N-dealkylation sites (tertiary alicyclic amines) is 1. The van der Waals surface area contributed by atoms with E-state index in [4.69, 9.17) is 0 Å². The van der Waals surface area contributed by atoms with E-state index >= 15 is 0 Å². The lowest BCUT2D eigenvalue weighted by Gasteiger charge is -2.25. The second-order valence-corrected chi connectivity index (χ2v) is 9.09. The van der Waals surface area contributed by atoms with Gasteiger partial charge in [0.2, 0.25) is 11.8 Å². The molecule has 2 amide bonds. The molecule has 2 aromatic carbocycles. The number of nitrogens with one attached hydrogen (secondary N) is 2. The molecule has 1 atom stereocenters. The lowest BCUT2D eigenvalue weighted by molar-refractivity contribution is -0.126. The van der Waals surface area contributed by atoms with Crippen molar-refractivity contribution in [3.63, 3.8) is 0 Å². The number of anilines is 1. The zero-order valence-electron chi connectivity index (χ0n) is 17.2. The van der Waals surface area contributed by atoms with Gasteiger partial charge in [0, 0.05) is 17.8 Å². The Hall–Kier alpha value is -3.20. The number of rotatable bonds is 5. The summed E-state index contributed by atoms with van der Waals surface area (Å²) in [4.78, 5) is 27.1. The summed E-state index contributed by atoms with van der Waals surface area (Å²) in [5.41, 5.74) is 2.26. The number of fused-ring (bicyclic) bond motifs is 1. The van der Waals surface area contributed by atoms with Crippen molar-refractivity contribution in [1.29, 1.82) is 0 Å². The summed E-state index contributed by atoms with van der Waals surface area (Å²) in [5.74, 6) is -0.333. The van der Waals surface area contributed by atoms with Crippen LogP contribution >= 0.6 is 0 Å². The number of hydrogen-bond acceptors (Lipinski definition) is 5. The first kappa shape index (κ1) is 21.0. The first-order valence-electron chi connectivity index (χ1n) is 10.3. The molecular formula is C22H24N4O4S. The summed E-state index contributed by atoms with van der Waals surface area (Å²) in [6.07, 6.45) is 2.08. The normalized spacial score (nSPS) is 18.9. The Bertz CT molecular complexity index is 1160. The minimum absolute atomic E-state index is 0.157. The van der Waals surface area contributed by atoms with E-state index < -0.39 is 16.1 Å². The molecule has 0 aliphatic carbocycles. The number of carbonyl (C=O) groups excluding carboxylic acids is 2. The van der Waals surface area contributed by atoms with E-state index in [1.165, 1.54) is 6.07 Å². The highest BCUT2D eigenvalue weighted by molar-refractivity contribution is 7.90. The molecule has 0 aromatic heterocycles. The molecule has 0 bridgehead atoms. The van der Waals surface area contributed by atoms with Gasteiger partial charge in [-0.05, 0) is 43.0 Å². The largest absolute Gasteiger partial charge is 0.345 e. The van der Waals surface area contributed by atoms with Gasteiger partial charge in [0.15, 0.2) is 5.84 Å². The first-order valence-corrected chi connectivity index (χ1v) is 11.7. The molecule has 0 saturated carbocycles. The van der Waals surface area contributed by atoms with Gasteiger partial charge in [0.1, 0.15) is 10.9 Å². The molecule has 1 fully saturated rings. The van der Waals surface area contributed by atoms with Gasteiger partial charge in [0.25, 0.3) is 10.0 Å². The minimum atomic E-state index is -3.76. The lowest BCUT2D eigenvalue weighted by atomic mass is 10.1. The second-order valence-electron chi connectivity index (χ2n) is 7.51. The number of amidine groups is 1. The monoisotopic (exact) mass is 440 g/mol. The van der Waals surface area contributed by atoms with Crippen molar-refractivity contribution in [3.05, 3.63) is 59.7 Å². The van der Waals surface area contributed by atoms with Crippen LogP contribution in [0.1, 0.15) is 30.9 Å². The zero-order valence-corrected chi connectivity index (χ0v) is 18.0. The minimum Gasteiger partial charge on any atom is -0.345 e. The van der Waals surface area contributed by atoms with E-state index in [-0.39, 0.29) is 23.3 Å². The molecule has 0 unspecified atom stereocenters. The standard InChI is InChI=1S/C22H24N4O4S/c1-2-15-8-3-5-10-17(15)24-20(27)14-23-22(28)18-11-7-13-26(18)21-16-9-4-6-12-19(16)31(29,30)25-21/h3-6,8-10,12,18H,2,7,11,13-14H2,1H3,(H,23,28)(H,24,27)/t18-/m1/s1. The molecule has 8 nitrogen and oxygen atoms in total. The van der Waals surface area contributed by atoms with Crippen LogP contribution in [0.4, 0.5) is 5.69 Å². The molecule has 2 aliphatic heterocycles. The van der Waals surface area contributed by atoms with Gasteiger partial charge in [0.05, 0.1) is 6.54 Å². The highest BCUT2D eigenvalue weighted by Gasteiger charge is 2.39. The predicted octanol–water partition coefficient (Wildman–Crippen LogP) is 1.92. The van der Waals surface area contributed by atoms with Crippen molar-refractivity contribution < 1.29 is 18.0 Å². The maximum atomic E-state index is 12.8. The highest BCUT2D eigenvalue weighted by Crippen LogP contribution is 2.31. The van der Waals surface area contributed by atoms with Gasteiger partial charge in [-0.1, -0.05) is 37.3 Å². The summed E-state index contributed by atoms with van der Waals surface area (Å²) < 4.78 is 28.7. The molecular weight excluding hydrogens is 416 g/mol. The first-order chi connectivity index (χ1) is 14.9. The molecule has 4 rings (SSSR count). The van der Waals surface area contributed by atoms with Crippen LogP contribution in [-0.4, -0.2) is 50.1 Å². The molecule has 2 N–H and O–H groups in total. The molecule has 9 heteroatoms. The average Bonchev–Trinajstić information content (AvgIpc) is 3.35. The van der Waals surface area contributed by atoms with Gasteiger partial charge in [-0.3, -0.25) is 9.59 Å². The fourth-order valence-corrected chi connectivity index (χ4v) is 5.24. The Morgan fingerprint density at radius 2 is 1.87 bits per heavy atom. The number of nitrogens with zero attached hydrogens (tertiary/aromatic N) is 2. The SMILES string of the molecule is CCc1ccccc1NC(=O)CNC(=O)[C@H]1CCCN1C1=NS(=O)(=O)c2ccccc21. The van der Waals surface area contributed by atoms with Gasteiger partial charge in [-0.25, -0.2) is 0 Å². The maximum Gasteiger partial charge on any atom is 0.285 e. The van der Waals surface area contributed by atoms with Gasteiger partial charge >= 0.3 is 0 Å². The summed E-state index contributed by atoms with van der Waals surface area (Å²) >= 11 is 0. The third-order valence-corrected chi connectivity index (χ3v) is 6.86. The van der Waals surface area contributed by atoms with Crippen molar-refractivity contribution in [2.75, 3.05) is 18.4 Å². The number of sulfonamides is 1. The third kappa shape index (κ3) is 4.18. The van der Waals surface area contributed by atoms with Crippen LogP contribution in [0.3, 0.4) is 0 Å². The lowest BCUT2D eigenvalue weighted by Crippen LogP contribution is -2.47. The fraction of sp³-hybridized carbons (Fsp3) is 0.318. The van der Waals surface area contributed by atoms with Gasteiger partial charge in [-0.2, -0.15) is 8.42 Å². The van der Waals surface area contributed by atoms with E-state index in [1.807, 2.05) is 31.2 Å². The number of para-hydroxylation sites is 1. The Labute approximate surface area is 181 Å². The van der Waals surface area contributed by atoms with Crippen molar-refractivity contribution in [2.45, 2.75) is 37.1 Å². The highest BCUT2D eigenvalue weighted by atomic mass is 32.2. The Balaban J connectivity index is 1.43. The van der Waals surface area contributed by atoms with Crippen LogP contribution < -0.4 is 10.6 Å². The van der Waals surface area contributed by atoms with Gasteiger partial charge < -0.3 is 15.5 Å². The maximum absolute atomic E-state index is 12.8. The predicted molar refractivity (Wildman–Crippen MR) is 117 cm³/mol. The molecule has 2 heterocycles. The topological polar surface area (TPSA) is 108 Å². The van der Waals surface area contributed by atoms with E-state index in [0.29, 0.717) is 24.4 Å². The van der Waals surface area contributed by atoms with Gasteiger partial charge in [-0.15, -0.1) is 4.40 Å². The Morgan fingerprint density at radius 1 is 1.13 bits per heavy atom. The van der Waals surface area contributed by atoms with E-state index in [2.05, 4.69) is 15.0 Å². The molecule has 162 valence electrons. The van der Waals surface area contributed by atoms with Crippen LogP contribution in [0.5, 0.6) is 0 Å². The Kier molecular flexibility index (Phi) is 5.77. The van der Waals surface area contributed by atoms with Crippen LogP contribution in [0, 0.1) is 0 Å². The number of aryl methyl sites for hydroxylation is 1. The van der Waals surface area contributed by atoms with Crippen LogP contribution in [0.15, 0.2) is 57.8 Å².